The Morgan fingerprint density at radius 2 is 1.76 bits per heavy atom. The molecule has 0 atom stereocenters. The van der Waals surface area contributed by atoms with Crippen molar-refractivity contribution in [2.75, 3.05) is 20.8 Å². The average molecular weight is 448 g/mol. The minimum absolute atomic E-state index is 0.220. The van der Waals surface area contributed by atoms with E-state index in [2.05, 4.69) is 27.4 Å². The van der Waals surface area contributed by atoms with Crippen LogP contribution in [0.1, 0.15) is 30.1 Å². The van der Waals surface area contributed by atoms with E-state index >= 15 is 0 Å². The predicted octanol–water partition coefficient (Wildman–Crippen LogP) is 4.98. The molecule has 2 aromatic heterocycles. The molecule has 2 N–H and O–H groups in total. The van der Waals surface area contributed by atoms with Crippen LogP contribution in [-0.4, -0.2) is 41.9 Å². The third kappa shape index (κ3) is 4.50. The number of carbonyl (C=O) groups is 1. The Kier molecular flexibility index (Phi) is 6.53. The van der Waals surface area contributed by atoms with Crippen molar-refractivity contribution < 1.29 is 18.7 Å². The SMILES string of the molecule is CCCCNC(=O)c1cc(-c2ccc(OC)c(OC)c2)nc2n[nH]c(-c3ccc(F)cc3)c12. The number of carbonyl (C=O) groups excluding carboxylic acids is 1. The van der Waals surface area contributed by atoms with Gasteiger partial charge in [0.15, 0.2) is 17.1 Å². The highest BCUT2D eigenvalue weighted by Crippen LogP contribution is 2.35. The van der Waals surface area contributed by atoms with Crippen molar-refractivity contribution >= 4 is 16.9 Å². The number of hydrogen-bond acceptors (Lipinski definition) is 5. The van der Waals surface area contributed by atoms with Crippen molar-refractivity contribution in [3.8, 4) is 34.0 Å². The van der Waals surface area contributed by atoms with Gasteiger partial charge in [-0.3, -0.25) is 9.89 Å². The van der Waals surface area contributed by atoms with E-state index in [1.54, 1.807) is 44.6 Å². The van der Waals surface area contributed by atoms with Gasteiger partial charge in [-0.05, 0) is 55.0 Å². The summed E-state index contributed by atoms with van der Waals surface area (Å²) in [4.78, 5) is 17.9. The molecule has 0 aliphatic rings. The van der Waals surface area contributed by atoms with Crippen LogP contribution in [0.4, 0.5) is 4.39 Å². The van der Waals surface area contributed by atoms with Crippen LogP contribution in [0.3, 0.4) is 0 Å². The minimum atomic E-state index is -0.339. The van der Waals surface area contributed by atoms with Gasteiger partial charge in [0.25, 0.3) is 5.91 Å². The molecule has 0 radical (unpaired) electrons. The summed E-state index contributed by atoms with van der Waals surface area (Å²) in [7, 11) is 3.13. The normalized spacial score (nSPS) is 10.9. The zero-order chi connectivity index (χ0) is 23.4. The van der Waals surface area contributed by atoms with Crippen molar-refractivity contribution in [3.05, 3.63) is 59.9 Å². The van der Waals surface area contributed by atoms with E-state index in [1.807, 2.05) is 6.07 Å². The molecule has 0 unspecified atom stereocenters. The third-order valence-corrected chi connectivity index (χ3v) is 5.40. The number of fused-ring (bicyclic) bond motifs is 1. The summed E-state index contributed by atoms with van der Waals surface area (Å²) in [5.74, 6) is 0.592. The van der Waals surface area contributed by atoms with Gasteiger partial charge in [0.1, 0.15) is 5.82 Å². The molecule has 0 bridgehead atoms. The number of halogens is 1. The zero-order valence-corrected chi connectivity index (χ0v) is 18.7. The average Bonchev–Trinajstić information content (AvgIpc) is 3.27. The summed E-state index contributed by atoms with van der Waals surface area (Å²) in [6, 6.07) is 13.2. The molecule has 33 heavy (non-hydrogen) atoms. The highest BCUT2D eigenvalue weighted by Gasteiger charge is 2.21. The number of pyridine rings is 1. The third-order valence-electron chi connectivity index (χ3n) is 5.40. The smallest absolute Gasteiger partial charge is 0.252 e. The predicted molar refractivity (Wildman–Crippen MR) is 125 cm³/mol. The van der Waals surface area contributed by atoms with Crippen molar-refractivity contribution in [2.45, 2.75) is 19.8 Å². The van der Waals surface area contributed by atoms with Crippen LogP contribution in [0.5, 0.6) is 11.5 Å². The molecule has 7 nitrogen and oxygen atoms in total. The lowest BCUT2D eigenvalue weighted by molar-refractivity contribution is 0.0955. The van der Waals surface area contributed by atoms with E-state index in [1.165, 1.54) is 12.1 Å². The number of ether oxygens (including phenoxy) is 2. The molecule has 4 rings (SSSR count). The van der Waals surface area contributed by atoms with Crippen LogP contribution in [0.2, 0.25) is 0 Å². The van der Waals surface area contributed by atoms with E-state index in [4.69, 9.17) is 9.47 Å². The Balaban J connectivity index is 1.87. The highest BCUT2D eigenvalue weighted by molar-refractivity contribution is 6.11. The molecule has 0 saturated carbocycles. The van der Waals surface area contributed by atoms with Crippen LogP contribution in [0.15, 0.2) is 48.5 Å². The molecular weight excluding hydrogens is 423 g/mol. The summed E-state index contributed by atoms with van der Waals surface area (Å²) >= 11 is 0. The first-order chi connectivity index (χ1) is 16.0. The van der Waals surface area contributed by atoms with Gasteiger partial charge in [-0.2, -0.15) is 5.10 Å². The number of nitrogens with zero attached hydrogens (tertiary/aromatic N) is 2. The Hall–Kier alpha value is -3.94. The maximum absolute atomic E-state index is 13.5. The second-order valence-electron chi connectivity index (χ2n) is 7.54. The van der Waals surface area contributed by atoms with Gasteiger partial charge >= 0.3 is 0 Å². The largest absolute Gasteiger partial charge is 0.493 e. The topological polar surface area (TPSA) is 89.1 Å². The van der Waals surface area contributed by atoms with Crippen LogP contribution in [-0.2, 0) is 0 Å². The summed E-state index contributed by atoms with van der Waals surface area (Å²) in [5, 5.41) is 10.9. The minimum Gasteiger partial charge on any atom is -0.493 e. The summed E-state index contributed by atoms with van der Waals surface area (Å²) in [5.41, 5.74) is 3.47. The monoisotopic (exact) mass is 448 g/mol. The summed E-state index contributed by atoms with van der Waals surface area (Å²) < 4.78 is 24.2. The van der Waals surface area contributed by atoms with E-state index in [-0.39, 0.29) is 11.7 Å². The number of rotatable bonds is 8. The van der Waals surface area contributed by atoms with Gasteiger partial charge in [0.2, 0.25) is 0 Å². The first-order valence-corrected chi connectivity index (χ1v) is 10.7. The van der Waals surface area contributed by atoms with Crippen molar-refractivity contribution in [3.63, 3.8) is 0 Å². The Labute approximate surface area is 191 Å². The van der Waals surface area contributed by atoms with Crippen LogP contribution >= 0.6 is 0 Å². The molecule has 4 aromatic rings. The molecule has 1 amide bonds. The summed E-state index contributed by atoms with van der Waals surface area (Å²) in [6.45, 7) is 2.63. The Bertz CT molecular complexity index is 1290. The zero-order valence-electron chi connectivity index (χ0n) is 18.7. The standard InChI is InChI=1S/C25H25FN4O3/c1-4-5-12-27-25(31)18-14-19(16-8-11-20(32-2)21(13-16)33-3)28-24-22(18)23(29-30-24)15-6-9-17(26)10-7-15/h6-11,13-14H,4-5,12H2,1-3H3,(H,27,31)(H,28,29,30). The fraction of sp³-hybridized carbons (Fsp3) is 0.240. The molecule has 2 heterocycles. The number of hydrogen-bond donors (Lipinski definition) is 2. The lowest BCUT2D eigenvalue weighted by atomic mass is 10.0. The van der Waals surface area contributed by atoms with E-state index in [9.17, 15) is 9.18 Å². The first-order valence-electron chi connectivity index (χ1n) is 10.7. The lowest BCUT2D eigenvalue weighted by Gasteiger charge is -2.11. The maximum Gasteiger partial charge on any atom is 0.252 e. The number of aromatic amines is 1. The quantitative estimate of drug-likeness (QED) is 0.371. The molecule has 0 saturated heterocycles. The number of nitrogens with one attached hydrogen (secondary N) is 2. The summed E-state index contributed by atoms with van der Waals surface area (Å²) in [6.07, 6.45) is 1.84. The van der Waals surface area contributed by atoms with E-state index in [0.717, 1.165) is 18.4 Å². The van der Waals surface area contributed by atoms with Crippen molar-refractivity contribution in [2.24, 2.45) is 0 Å². The van der Waals surface area contributed by atoms with Crippen LogP contribution < -0.4 is 14.8 Å². The number of H-pyrrole nitrogens is 1. The number of methoxy groups -OCH3 is 2. The van der Waals surface area contributed by atoms with Crippen molar-refractivity contribution in [1.82, 2.24) is 20.5 Å². The molecule has 8 heteroatoms. The van der Waals surface area contributed by atoms with Gasteiger partial charge in [-0.1, -0.05) is 13.3 Å². The number of aromatic nitrogens is 3. The van der Waals surface area contributed by atoms with Crippen LogP contribution in [0.25, 0.3) is 33.5 Å². The number of unbranched alkanes of at least 4 members (excludes halogenated alkanes) is 1. The van der Waals surface area contributed by atoms with Crippen molar-refractivity contribution in [1.29, 1.82) is 0 Å². The number of benzene rings is 2. The Morgan fingerprint density at radius 3 is 2.45 bits per heavy atom. The van der Waals surface area contributed by atoms with Gasteiger partial charge in [-0.25, -0.2) is 9.37 Å². The molecule has 170 valence electrons. The fourth-order valence-corrected chi connectivity index (χ4v) is 3.65. The number of amides is 1. The van der Waals surface area contributed by atoms with Gasteiger partial charge < -0.3 is 14.8 Å². The second-order valence-corrected chi connectivity index (χ2v) is 7.54. The highest BCUT2D eigenvalue weighted by atomic mass is 19.1. The molecule has 0 fully saturated rings. The molecule has 0 aliphatic carbocycles. The van der Waals surface area contributed by atoms with Gasteiger partial charge in [-0.15, -0.1) is 0 Å². The molecular formula is C25H25FN4O3. The Morgan fingerprint density at radius 1 is 1.03 bits per heavy atom. The van der Waals surface area contributed by atoms with E-state index in [0.29, 0.717) is 51.6 Å². The lowest BCUT2D eigenvalue weighted by Crippen LogP contribution is -2.24. The van der Waals surface area contributed by atoms with Crippen LogP contribution in [0, 0.1) is 5.82 Å². The fourth-order valence-electron chi connectivity index (χ4n) is 3.65. The molecule has 0 aliphatic heterocycles. The molecule has 2 aromatic carbocycles. The van der Waals surface area contributed by atoms with Gasteiger partial charge in [0, 0.05) is 17.7 Å². The first kappa shape index (κ1) is 22.3. The molecule has 0 spiro atoms. The van der Waals surface area contributed by atoms with E-state index < -0.39 is 0 Å². The van der Waals surface area contributed by atoms with Gasteiger partial charge in [0.05, 0.1) is 36.6 Å². The second kappa shape index (κ2) is 9.68. The maximum atomic E-state index is 13.5.